The fourth-order valence-electron chi connectivity index (χ4n) is 0.612. The minimum absolute atomic E-state index is 0.0905. The summed E-state index contributed by atoms with van der Waals surface area (Å²) in [7, 11) is 1.73. The van der Waals surface area contributed by atoms with Gasteiger partial charge in [0.1, 0.15) is 0 Å². The summed E-state index contributed by atoms with van der Waals surface area (Å²) < 4.78 is 0. The molecule has 4 nitrogen and oxygen atoms in total. The third kappa shape index (κ3) is 2.40. The van der Waals surface area contributed by atoms with Crippen LogP contribution in [-0.2, 0) is 7.05 Å². The summed E-state index contributed by atoms with van der Waals surface area (Å²) in [4.78, 5) is 1.45. The fraction of sp³-hybridized carbons (Fsp3) is 0.429. The van der Waals surface area contributed by atoms with E-state index in [1.165, 1.54) is 4.80 Å². The first-order valence-corrected chi connectivity index (χ1v) is 3.29. The summed E-state index contributed by atoms with van der Waals surface area (Å²) >= 11 is 0. The minimum Gasteiger partial charge on any atom is -0.395 e. The Morgan fingerprint density at radius 1 is 1.73 bits per heavy atom. The number of aliphatic hydroxyl groups is 1. The van der Waals surface area contributed by atoms with Crippen molar-refractivity contribution in [1.82, 2.24) is 15.0 Å². The summed E-state index contributed by atoms with van der Waals surface area (Å²) in [6, 6.07) is 0. The van der Waals surface area contributed by atoms with E-state index in [1.54, 1.807) is 13.2 Å². The van der Waals surface area contributed by atoms with Gasteiger partial charge in [-0.25, -0.2) is 0 Å². The van der Waals surface area contributed by atoms with Gasteiger partial charge in [-0.05, 0) is 5.92 Å². The van der Waals surface area contributed by atoms with Gasteiger partial charge in [-0.3, -0.25) is 0 Å². The summed E-state index contributed by atoms with van der Waals surface area (Å²) in [5, 5.41) is 16.2. The van der Waals surface area contributed by atoms with E-state index < -0.39 is 0 Å². The Kier molecular flexibility index (Phi) is 2.64. The van der Waals surface area contributed by atoms with E-state index in [9.17, 15) is 0 Å². The molecule has 4 heteroatoms. The largest absolute Gasteiger partial charge is 0.395 e. The van der Waals surface area contributed by atoms with E-state index in [4.69, 9.17) is 5.11 Å². The Hall–Kier alpha value is -1.34. The van der Waals surface area contributed by atoms with E-state index in [0.717, 1.165) is 0 Å². The minimum atomic E-state index is 0.0905. The molecule has 0 fully saturated rings. The van der Waals surface area contributed by atoms with Crippen LogP contribution in [0.3, 0.4) is 0 Å². The van der Waals surface area contributed by atoms with Crippen molar-refractivity contribution < 1.29 is 5.11 Å². The van der Waals surface area contributed by atoms with Gasteiger partial charge in [0.15, 0.2) is 5.69 Å². The zero-order chi connectivity index (χ0) is 8.10. The highest BCUT2D eigenvalue weighted by molar-refractivity contribution is 5.23. The van der Waals surface area contributed by atoms with Gasteiger partial charge in [0.05, 0.1) is 12.8 Å². The van der Waals surface area contributed by atoms with E-state index in [-0.39, 0.29) is 6.61 Å². The van der Waals surface area contributed by atoms with Gasteiger partial charge in [-0.1, -0.05) is 5.92 Å². The van der Waals surface area contributed by atoms with Crippen LogP contribution in [0.4, 0.5) is 0 Å². The third-order valence-corrected chi connectivity index (χ3v) is 1.05. The molecular formula is C7H9N3O. The summed E-state index contributed by atoms with van der Waals surface area (Å²) in [5.41, 5.74) is 0.640. The molecule has 1 N–H and O–H groups in total. The summed E-state index contributed by atoms with van der Waals surface area (Å²) in [6.45, 7) is 0.0905. The molecule has 58 valence electrons. The third-order valence-electron chi connectivity index (χ3n) is 1.05. The lowest BCUT2D eigenvalue weighted by molar-refractivity contribution is 0.305. The van der Waals surface area contributed by atoms with Crippen LogP contribution in [0.1, 0.15) is 12.1 Å². The van der Waals surface area contributed by atoms with Crippen LogP contribution < -0.4 is 0 Å². The first-order valence-electron chi connectivity index (χ1n) is 3.29. The van der Waals surface area contributed by atoms with Crippen LogP contribution in [0.25, 0.3) is 0 Å². The van der Waals surface area contributed by atoms with E-state index >= 15 is 0 Å². The smallest absolute Gasteiger partial charge is 0.155 e. The Morgan fingerprint density at radius 3 is 3.09 bits per heavy atom. The van der Waals surface area contributed by atoms with Crippen LogP contribution >= 0.6 is 0 Å². The SMILES string of the molecule is Cn1ncc(C#CCCO)n1. The van der Waals surface area contributed by atoms with Crippen LogP contribution in [0.2, 0.25) is 0 Å². The number of aromatic nitrogens is 3. The molecule has 11 heavy (non-hydrogen) atoms. The first-order chi connectivity index (χ1) is 5.33. The van der Waals surface area contributed by atoms with Gasteiger partial charge in [0, 0.05) is 13.5 Å². The molecule has 0 aliphatic carbocycles. The number of nitrogens with zero attached hydrogens (tertiary/aromatic N) is 3. The predicted octanol–water partition coefficient (Wildman–Crippen LogP) is -0.451. The molecule has 0 saturated heterocycles. The number of hydrogen-bond acceptors (Lipinski definition) is 3. The van der Waals surface area contributed by atoms with Crippen molar-refractivity contribution in [1.29, 1.82) is 0 Å². The first kappa shape index (κ1) is 7.76. The topological polar surface area (TPSA) is 50.9 Å². The average molecular weight is 151 g/mol. The van der Waals surface area contributed by atoms with E-state index in [0.29, 0.717) is 12.1 Å². The number of hydrogen-bond donors (Lipinski definition) is 1. The Bertz CT molecular complexity index is 281. The normalized spacial score (nSPS) is 8.91. The zero-order valence-corrected chi connectivity index (χ0v) is 6.28. The molecule has 0 aromatic carbocycles. The number of rotatable bonds is 1. The molecule has 1 rings (SSSR count). The Morgan fingerprint density at radius 2 is 2.55 bits per heavy atom. The molecule has 0 bridgehead atoms. The van der Waals surface area contributed by atoms with Crippen molar-refractivity contribution in [2.24, 2.45) is 7.05 Å². The molecule has 1 aromatic rings. The van der Waals surface area contributed by atoms with Crippen LogP contribution in [0.15, 0.2) is 6.20 Å². The molecule has 0 spiro atoms. The Balaban J connectivity index is 2.59. The van der Waals surface area contributed by atoms with Crippen molar-refractivity contribution in [2.75, 3.05) is 6.61 Å². The molecule has 0 unspecified atom stereocenters. The standard InChI is InChI=1S/C7H9N3O/c1-10-8-6-7(9-10)4-2-3-5-11/h6,11H,3,5H2,1H3. The molecule has 0 amide bonds. The lowest BCUT2D eigenvalue weighted by Crippen LogP contribution is -1.91. The van der Waals surface area contributed by atoms with Crippen LogP contribution in [0.5, 0.6) is 0 Å². The number of aliphatic hydroxyl groups excluding tert-OH is 1. The second-order valence-electron chi connectivity index (χ2n) is 1.99. The lowest BCUT2D eigenvalue weighted by atomic mass is 10.4. The monoisotopic (exact) mass is 151 g/mol. The highest BCUT2D eigenvalue weighted by Crippen LogP contribution is 1.85. The molecular weight excluding hydrogens is 142 g/mol. The van der Waals surface area contributed by atoms with Crippen molar-refractivity contribution in [3.63, 3.8) is 0 Å². The van der Waals surface area contributed by atoms with E-state index in [2.05, 4.69) is 22.0 Å². The summed E-state index contributed by atoms with van der Waals surface area (Å²) in [6.07, 6.45) is 2.07. The maximum Gasteiger partial charge on any atom is 0.155 e. The number of aryl methyl sites for hydroxylation is 1. The highest BCUT2D eigenvalue weighted by Gasteiger charge is 1.89. The van der Waals surface area contributed by atoms with Gasteiger partial charge in [0.25, 0.3) is 0 Å². The second-order valence-corrected chi connectivity index (χ2v) is 1.99. The van der Waals surface area contributed by atoms with Crippen LogP contribution in [-0.4, -0.2) is 26.7 Å². The molecule has 1 aromatic heterocycles. The van der Waals surface area contributed by atoms with Gasteiger partial charge in [-0.15, -0.1) is 5.10 Å². The molecule has 0 aliphatic rings. The molecule has 0 radical (unpaired) electrons. The average Bonchev–Trinajstić information content (AvgIpc) is 2.37. The van der Waals surface area contributed by atoms with E-state index in [1.807, 2.05) is 0 Å². The summed E-state index contributed by atoms with van der Waals surface area (Å²) in [5.74, 6) is 5.51. The molecule has 0 atom stereocenters. The van der Waals surface area contributed by atoms with Crippen molar-refractivity contribution >= 4 is 0 Å². The van der Waals surface area contributed by atoms with Gasteiger partial charge in [0.2, 0.25) is 0 Å². The fourth-order valence-corrected chi connectivity index (χ4v) is 0.612. The lowest BCUT2D eigenvalue weighted by Gasteiger charge is -1.79. The van der Waals surface area contributed by atoms with Crippen molar-refractivity contribution in [2.45, 2.75) is 6.42 Å². The quantitative estimate of drug-likeness (QED) is 0.553. The van der Waals surface area contributed by atoms with Gasteiger partial charge < -0.3 is 5.11 Å². The molecule has 0 saturated carbocycles. The van der Waals surface area contributed by atoms with Crippen molar-refractivity contribution in [3.8, 4) is 11.8 Å². The maximum absolute atomic E-state index is 8.41. The predicted molar refractivity (Wildman–Crippen MR) is 39.6 cm³/mol. The molecule has 0 aliphatic heterocycles. The van der Waals surface area contributed by atoms with Crippen LogP contribution in [0, 0.1) is 11.8 Å². The second kappa shape index (κ2) is 3.74. The van der Waals surface area contributed by atoms with Gasteiger partial charge >= 0.3 is 0 Å². The van der Waals surface area contributed by atoms with Crippen molar-refractivity contribution in [3.05, 3.63) is 11.9 Å². The zero-order valence-electron chi connectivity index (χ0n) is 6.28. The maximum atomic E-state index is 8.41. The highest BCUT2D eigenvalue weighted by atomic mass is 16.2. The Labute approximate surface area is 64.8 Å². The molecule has 1 heterocycles. The van der Waals surface area contributed by atoms with Gasteiger partial charge in [-0.2, -0.15) is 9.90 Å².